The van der Waals surface area contributed by atoms with Crippen LogP contribution in [0.4, 0.5) is 0 Å². The monoisotopic (exact) mass is 216 g/mol. The number of aromatic nitrogens is 3. The maximum absolute atomic E-state index is 4.22. The Morgan fingerprint density at radius 3 is 3.06 bits per heavy atom. The molecule has 2 aromatic rings. The van der Waals surface area contributed by atoms with Crippen molar-refractivity contribution >= 4 is 0 Å². The van der Waals surface area contributed by atoms with E-state index >= 15 is 0 Å². The second-order valence-corrected chi connectivity index (χ2v) is 3.63. The van der Waals surface area contributed by atoms with Gasteiger partial charge < -0.3 is 5.32 Å². The first-order valence-corrected chi connectivity index (χ1v) is 5.55. The minimum atomic E-state index is 0.853. The molecule has 0 aliphatic heterocycles. The molecule has 0 spiro atoms. The standard InChI is InChI=1S/C12H16N4/c1-2-5-13-9-11-4-7-14-10-12(11)16-8-3-6-15-16/h3-4,6-8,10,13H,2,5,9H2,1H3. The van der Waals surface area contributed by atoms with Crippen molar-refractivity contribution in [1.82, 2.24) is 20.1 Å². The summed E-state index contributed by atoms with van der Waals surface area (Å²) in [6.45, 7) is 4.04. The first-order valence-electron chi connectivity index (χ1n) is 5.55. The molecule has 0 radical (unpaired) electrons. The molecule has 0 bridgehead atoms. The topological polar surface area (TPSA) is 42.7 Å². The summed E-state index contributed by atoms with van der Waals surface area (Å²) in [4.78, 5) is 4.14. The summed E-state index contributed by atoms with van der Waals surface area (Å²) in [5.74, 6) is 0. The van der Waals surface area contributed by atoms with Gasteiger partial charge in [0.1, 0.15) is 0 Å². The van der Waals surface area contributed by atoms with Crippen molar-refractivity contribution in [2.75, 3.05) is 6.54 Å². The number of hydrogen-bond acceptors (Lipinski definition) is 3. The highest BCUT2D eigenvalue weighted by Gasteiger charge is 2.03. The Balaban J connectivity index is 2.18. The summed E-state index contributed by atoms with van der Waals surface area (Å²) in [5.41, 5.74) is 2.25. The van der Waals surface area contributed by atoms with Crippen LogP contribution in [0.15, 0.2) is 36.9 Å². The lowest BCUT2D eigenvalue weighted by Crippen LogP contribution is -2.15. The van der Waals surface area contributed by atoms with Crippen molar-refractivity contribution in [2.24, 2.45) is 0 Å². The van der Waals surface area contributed by atoms with Gasteiger partial charge in [-0.3, -0.25) is 4.98 Å². The van der Waals surface area contributed by atoms with Crippen molar-refractivity contribution in [2.45, 2.75) is 19.9 Å². The zero-order valence-corrected chi connectivity index (χ0v) is 9.43. The summed E-state index contributed by atoms with van der Waals surface area (Å²) < 4.78 is 1.84. The summed E-state index contributed by atoms with van der Waals surface area (Å²) in [6, 6.07) is 3.94. The van der Waals surface area contributed by atoms with E-state index in [1.807, 2.05) is 35.4 Å². The van der Waals surface area contributed by atoms with Crippen LogP contribution in [0, 0.1) is 0 Å². The van der Waals surface area contributed by atoms with Crippen LogP contribution in [0.2, 0.25) is 0 Å². The molecule has 0 amide bonds. The number of rotatable bonds is 5. The molecular weight excluding hydrogens is 200 g/mol. The summed E-state index contributed by atoms with van der Waals surface area (Å²) in [5, 5.41) is 7.61. The fourth-order valence-electron chi connectivity index (χ4n) is 1.58. The Kier molecular flexibility index (Phi) is 3.66. The molecule has 0 unspecified atom stereocenters. The van der Waals surface area contributed by atoms with Crippen molar-refractivity contribution in [3.05, 3.63) is 42.5 Å². The lowest BCUT2D eigenvalue weighted by molar-refractivity contribution is 0.669. The predicted molar refractivity (Wildman–Crippen MR) is 63.4 cm³/mol. The Morgan fingerprint density at radius 1 is 1.38 bits per heavy atom. The highest BCUT2D eigenvalue weighted by atomic mass is 15.3. The molecule has 0 aromatic carbocycles. The van der Waals surface area contributed by atoms with E-state index in [1.54, 1.807) is 6.20 Å². The third-order valence-corrected chi connectivity index (χ3v) is 2.38. The van der Waals surface area contributed by atoms with Crippen LogP contribution in [0.5, 0.6) is 0 Å². The largest absolute Gasteiger partial charge is 0.313 e. The summed E-state index contributed by atoms with van der Waals surface area (Å²) >= 11 is 0. The van der Waals surface area contributed by atoms with E-state index in [4.69, 9.17) is 0 Å². The lowest BCUT2D eigenvalue weighted by atomic mass is 10.2. The fraction of sp³-hybridized carbons (Fsp3) is 0.333. The second kappa shape index (κ2) is 5.42. The van der Waals surface area contributed by atoms with Crippen LogP contribution >= 0.6 is 0 Å². The molecular formula is C12H16N4. The van der Waals surface area contributed by atoms with Gasteiger partial charge in [-0.15, -0.1) is 0 Å². The molecule has 0 aliphatic rings. The molecule has 0 aliphatic carbocycles. The van der Waals surface area contributed by atoms with Gasteiger partial charge in [-0.05, 0) is 30.7 Å². The number of pyridine rings is 1. The van der Waals surface area contributed by atoms with Gasteiger partial charge in [-0.2, -0.15) is 5.10 Å². The molecule has 0 atom stereocenters. The lowest BCUT2D eigenvalue weighted by Gasteiger charge is -2.09. The Hall–Kier alpha value is -1.68. The van der Waals surface area contributed by atoms with Crippen LogP contribution in [0.1, 0.15) is 18.9 Å². The normalized spacial score (nSPS) is 10.6. The first kappa shape index (κ1) is 10.8. The molecule has 2 aromatic heterocycles. The SMILES string of the molecule is CCCNCc1ccncc1-n1cccn1. The van der Waals surface area contributed by atoms with Crippen molar-refractivity contribution in [3.8, 4) is 5.69 Å². The number of nitrogens with zero attached hydrogens (tertiary/aromatic N) is 3. The van der Waals surface area contributed by atoms with Crippen LogP contribution in [-0.2, 0) is 6.54 Å². The molecule has 4 heteroatoms. The molecule has 0 saturated heterocycles. The predicted octanol–water partition coefficient (Wildman–Crippen LogP) is 1.77. The molecule has 84 valence electrons. The van der Waals surface area contributed by atoms with Crippen LogP contribution in [-0.4, -0.2) is 21.3 Å². The average molecular weight is 216 g/mol. The number of nitrogens with one attached hydrogen (secondary N) is 1. The Morgan fingerprint density at radius 2 is 2.31 bits per heavy atom. The molecule has 0 saturated carbocycles. The highest BCUT2D eigenvalue weighted by molar-refractivity contribution is 5.37. The van der Waals surface area contributed by atoms with Gasteiger partial charge in [-0.25, -0.2) is 4.68 Å². The van der Waals surface area contributed by atoms with Crippen molar-refractivity contribution in [3.63, 3.8) is 0 Å². The van der Waals surface area contributed by atoms with Crippen LogP contribution < -0.4 is 5.32 Å². The van der Waals surface area contributed by atoms with E-state index in [2.05, 4.69) is 22.3 Å². The quantitative estimate of drug-likeness (QED) is 0.774. The Bertz CT molecular complexity index is 422. The molecule has 4 nitrogen and oxygen atoms in total. The van der Waals surface area contributed by atoms with Gasteiger partial charge in [0.2, 0.25) is 0 Å². The Labute approximate surface area is 95.3 Å². The zero-order chi connectivity index (χ0) is 11.2. The first-order chi connectivity index (χ1) is 7.92. The zero-order valence-electron chi connectivity index (χ0n) is 9.43. The van der Waals surface area contributed by atoms with Gasteiger partial charge in [0.15, 0.2) is 0 Å². The van der Waals surface area contributed by atoms with Crippen LogP contribution in [0.25, 0.3) is 5.69 Å². The third kappa shape index (κ3) is 2.46. The van der Waals surface area contributed by atoms with Gasteiger partial charge >= 0.3 is 0 Å². The highest BCUT2D eigenvalue weighted by Crippen LogP contribution is 2.11. The van der Waals surface area contributed by atoms with Gasteiger partial charge in [0, 0.05) is 25.1 Å². The van der Waals surface area contributed by atoms with E-state index in [0.717, 1.165) is 25.2 Å². The minimum Gasteiger partial charge on any atom is -0.313 e. The molecule has 1 N–H and O–H groups in total. The van der Waals surface area contributed by atoms with Gasteiger partial charge in [0.05, 0.1) is 11.9 Å². The molecule has 16 heavy (non-hydrogen) atoms. The van der Waals surface area contributed by atoms with Gasteiger partial charge in [-0.1, -0.05) is 6.92 Å². The van der Waals surface area contributed by atoms with Gasteiger partial charge in [0.25, 0.3) is 0 Å². The molecule has 2 rings (SSSR count). The average Bonchev–Trinajstić information content (AvgIpc) is 2.83. The number of hydrogen-bond donors (Lipinski definition) is 1. The van der Waals surface area contributed by atoms with Crippen LogP contribution in [0.3, 0.4) is 0 Å². The van der Waals surface area contributed by atoms with E-state index in [1.165, 1.54) is 5.56 Å². The molecule has 0 fully saturated rings. The fourth-order valence-corrected chi connectivity index (χ4v) is 1.58. The smallest absolute Gasteiger partial charge is 0.0873 e. The third-order valence-electron chi connectivity index (χ3n) is 2.38. The van der Waals surface area contributed by atoms with Crippen molar-refractivity contribution in [1.29, 1.82) is 0 Å². The maximum Gasteiger partial charge on any atom is 0.0873 e. The van der Waals surface area contributed by atoms with E-state index in [9.17, 15) is 0 Å². The molecule has 2 heterocycles. The van der Waals surface area contributed by atoms with E-state index in [-0.39, 0.29) is 0 Å². The summed E-state index contributed by atoms with van der Waals surface area (Å²) in [7, 11) is 0. The minimum absolute atomic E-state index is 0.853. The van der Waals surface area contributed by atoms with Crippen molar-refractivity contribution < 1.29 is 0 Å². The van der Waals surface area contributed by atoms with E-state index in [0.29, 0.717) is 0 Å². The van der Waals surface area contributed by atoms with E-state index < -0.39 is 0 Å². The maximum atomic E-state index is 4.22. The second-order valence-electron chi connectivity index (χ2n) is 3.63. The summed E-state index contributed by atoms with van der Waals surface area (Å²) in [6.07, 6.45) is 8.50.